The topological polar surface area (TPSA) is 36.9 Å². The molecule has 4 rings (SSSR count). The summed E-state index contributed by atoms with van der Waals surface area (Å²) in [6.07, 6.45) is 11.7. The molecular formula is C25H30O4. The lowest BCUT2D eigenvalue weighted by molar-refractivity contribution is -0.234. The summed E-state index contributed by atoms with van der Waals surface area (Å²) in [5.74, 6) is 3.65. The smallest absolute Gasteiger partial charge is 0.233 e. The third-order valence-corrected chi connectivity index (χ3v) is 6.61. The Bertz CT molecular complexity index is 936. The first-order valence-electron chi connectivity index (χ1n) is 10.5. The lowest BCUT2D eigenvalue weighted by atomic mass is 9.68. The van der Waals surface area contributed by atoms with Crippen molar-refractivity contribution in [3.05, 3.63) is 35.4 Å². The first-order chi connectivity index (χ1) is 14.0. The molecule has 0 spiro atoms. The van der Waals surface area contributed by atoms with E-state index in [4.69, 9.17) is 25.4 Å². The summed E-state index contributed by atoms with van der Waals surface area (Å²) in [4.78, 5) is 0. The molecule has 4 heteroatoms. The van der Waals surface area contributed by atoms with Crippen molar-refractivity contribution < 1.29 is 18.9 Å². The van der Waals surface area contributed by atoms with Crippen LogP contribution in [0.25, 0.3) is 10.8 Å². The van der Waals surface area contributed by atoms with E-state index in [-0.39, 0.29) is 5.41 Å². The fraction of sp³-hybridized carbons (Fsp3) is 0.520. The molecule has 0 N–H and O–H groups in total. The number of methoxy groups -OCH3 is 2. The standard InChI is InChI=1S/C25H30O4/c1-5-25(28-14-7-15-29-25)13-12-24(2)11-6-8-18-16-19-20(17-21(18)24)23(27-4)10-9-22(19)26-3/h1,9-10,16-17H,6-8,11-15H2,2-4H3/t24-/m0/s1. The van der Waals surface area contributed by atoms with Gasteiger partial charge in [-0.15, -0.1) is 6.42 Å². The zero-order chi connectivity index (χ0) is 20.5. The lowest BCUT2D eigenvalue weighted by Crippen LogP contribution is -2.41. The molecule has 2 aromatic carbocycles. The van der Waals surface area contributed by atoms with Gasteiger partial charge >= 0.3 is 0 Å². The van der Waals surface area contributed by atoms with Crippen molar-refractivity contribution in [2.45, 2.75) is 56.7 Å². The fourth-order valence-electron chi connectivity index (χ4n) is 4.89. The molecule has 0 radical (unpaired) electrons. The average molecular weight is 395 g/mol. The Morgan fingerprint density at radius 2 is 1.66 bits per heavy atom. The van der Waals surface area contributed by atoms with E-state index in [9.17, 15) is 0 Å². The maximum Gasteiger partial charge on any atom is 0.233 e. The van der Waals surface area contributed by atoms with Crippen LogP contribution in [0, 0.1) is 12.3 Å². The van der Waals surface area contributed by atoms with E-state index in [0.29, 0.717) is 19.6 Å². The summed E-state index contributed by atoms with van der Waals surface area (Å²) in [6, 6.07) is 8.54. The third-order valence-electron chi connectivity index (χ3n) is 6.61. The van der Waals surface area contributed by atoms with Gasteiger partial charge in [-0.3, -0.25) is 0 Å². The minimum atomic E-state index is -0.878. The van der Waals surface area contributed by atoms with Gasteiger partial charge in [0, 0.05) is 17.2 Å². The number of hydrogen-bond donors (Lipinski definition) is 0. The van der Waals surface area contributed by atoms with E-state index < -0.39 is 5.79 Å². The van der Waals surface area contributed by atoms with E-state index in [1.165, 1.54) is 11.1 Å². The van der Waals surface area contributed by atoms with E-state index in [1.54, 1.807) is 14.2 Å². The second kappa shape index (κ2) is 7.89. The second-order valence-electron chi connectivity index (χ2n) is 8.39. The molecule has 0 aromatic heterocycles. The Hall–Kier alpha value is -2.22. The van der Waals surface area contributed by atoms with Gasteiger partial charge in [-0.1, -0.05) is 6.92 Å². The maximum atomic E-state index is 5.88. The highest BCUT2D eigenvalue weighted by Crippen LogP contribution is 2.46. The Kier molecular flexibility index (Phi) is 5.46. The molecule has 1 fully saturated rings. The summed E-state index contributed by atoms with van der Waals surface area (Å²) >= 11 is 0. The normalized spacial score (nSPS) is 23.2. The Morgan fingerprint density at radius 3 is 2.28 bits per heavy atom. The summed E-state index contributed by atoms with van der Waals surface area (Å²) in [7, 11) is 3.43. The molecule has 1 saturated heterocycles. The van der Waals surface area contributed by atoms with Gasteiger partial charge in [0.15, 0.2) is 0 Å². The highest BCUT2D eigenvalue weighted by molar-refractivity contribution is 5.94. The molecule has 154 valence electrons. The summed E-state index contributed by atoms with van der Waals surface area (Å²) in [5.41, 5.74) is 2.79. The first kappa shape index (κ1) is 20.1. The van der Waals surface area contributed by atoms with E-state index >= 15 is 0 Å². The number of ether oxygens (including phenoxy) is 4. The zero-order valence-electron chi connectivity index (χ0n) is 17.7. The first-order valence-corrected chi connectivity index (χ1v) is 10.5. The lowest BCUT2D eigenvalue weighted by Gasteiger charge is -2.40. The zero-order valence-corrected chi connectivity index (χ0v) is 17.7. The van der Waals surface area contributed by atoms with Crippen molar-refractivity contribution in [3.63, 3.8) is 0 Å². The minimum Gasteiger partial charge on any atom is -0.496 e. The van der Waals surface area contributed by atoms with E-state index in [1.807, 2.05) is 12.1 Å². The Labute approximate surface area is 173 Å². The number of benzene rings is 2. The average Bonchev–Trinajstić information content (AvgIpc) is 2.77. The monoisotopic (exact) mass is 394 g/mol. The highest BCUT2D eigenvalue weighted by atomic mass is 16.7. The predicted molar refractivity (Wildman–Crippen MR) is 115 cm³/mol. The maximum absolute atomic E-state index is 5.88. The van der Waals surface area contributed by atoms with Crippen LogP contribution in [0.1, 0.15) is 50.2 Å². The SMILES string of the molecule is C#CC1(CC[C@]2(C)CCCc3cc4c(OC)ccc(OC)c4cc32)OCCCO1. The molecule has 0 saturated carbocycles. The van der Waals surface area contributed by atoms with Crippen LogP contribution in [0.5, 0.6) is 11.5 Å². The summed E-state index contributed by atoms with van der Waals surface area (Å²) in [6.45, 7) is 3.68. The van der Waals surface area contributed by atoms with Crippen molar-refractivity contribution in [1.82, 2.24) is 0 Å². The van der Waals surface area contributed by atoms with E-state index in [2.05, 4.69) is 25.0 Å². The minimum absolute atomic E-state index is 0.0177. The van der Waals surface area contributed by atoms with Gasteiger partial charge in [0.05, 0.1) is 27.4 Å². The van der Waals surface area contributed by atoms with Gasteiger partial charge in [-0.05, 0) is 78.8 Å². The summed E-state index contributed by atoms with van der Waals surface area (Å²) < 4.78 is 23.0. The molecule has 4 nitrogen and oxygen atoms in total. The van der Waals surface area contributed by atoms with E-state index in [0.717, 1.165) is 54.4 Å². The molecule has 1 aliphatic heterocycles. The molecule has 0 bridgehead atoms. The summed E-state index contributed by atoms with van der Waals surface area (Å²) in [5, 5.41) is 2.20. The molecular weight excluding hydrogens is 364 g/mol. The van der Waals surface area contributed by atoms with Crippen LogP contribution in [0.15, 0.2) is 24.3 Å². The number of fused-ring (bicyclic) bond motifs is 2. The molecule has 1 aliphatic carbocycles. The molecule has 2 aromatic rings. The Balaban J connectivity index is 1.73. The van der Waals surface area contributed by atoms with Gasteiger partial charge < -0.3 is 18.9 Å². The number of terminal acetylenes is 1. The highest BCUT2D eigenvalue weighted by Gasteiger charge is 2.39. The van der Waals surface area contributed by atoms with Crippen LogP contribution in [0.3, 0.4) is 0 Å². The van der Waals surface area contributed by atoms with Gasteiger partial charge in [0.2, 0.25) is 5.79 Å². The molecule has 1 heterocycles. The number of hydrogen-bond acceptors (Lipinski definition) is 4. The van der Waals surface area contributed by atoms with Crippen molar-refractivity contribution in [3.8, 4) is 23.8 Å². The van der Waals surface area contributed by atoms with Crippen molar-refractivity contribution in [2.75, 3.05) is 27.4 Å². The van der Waals surface area contributed by atoms with Gasteiger partial charge in [0.1, 0.15) is 11.5 Å². The van der Waals surface area contributed by atoms with Crippen LogP contribution in [-0.2, 0) is 21.3 Å². The van der Waals surface area contributed by atoms with Crippen molar-refractivity contribution in [1.29, 1.82) is 0 Å². The third kappa shape index (κ3) is 3.58. The van der Waals surface area contributed by atoms with Crippen LogP contribution >= 0.6 is 0 Å². The van der Waals surface area contributed by atoms with Crippen LogP contribution < -0.4 is 9.47 Å². The molecule has 29 heavy (non-hydrogen) atoms. The molecule has 0 amide bonds. The Morgan fingerprint density at radius 1 is 1.00 bits per heavy atom. The van der Waals surface area contributed by atoms with Crippen molar-refractivity contribution in [2.24, 2.45) is 0 Å². The quantitative estimate of drug-likeness (QED) is 0.669. The van der Waals surface area contributed by atoms with Crippen LogP contribution in [0.4, 0.5) is 0 Å². The predicted octanol–water partition coefficient (Wildman–Crippen LogP) is 5.00. The molecule has 2 aliphatic rings. The van der Waals surface area contributed by atoms with Gasteiger partial charge in [0.25, 0.3) is 0 Å². The van der Waals surface area contributed by atoms with Gasteiger partial charge in [-0.2, -0.15) is 0 Å². The molecule has 0 unspecified atom stereocenters. The molecule has 1 atom stereocenters. The van der Waals surface area contributed by atoms with Crippen molar-refractivity contribution >= 4 is 10.8 Å². The number of rotatable bonds is 5. The van der Waals surface area contributed by atoms with Crippen LogP contribution in [-0.4, -0.2) is 33.2 Å². The van der Waals surface area contributed by atoms with Crippen LogP contribution in [0.2, 0.25) is 0 Å². The largest absolute Gasteiger partial charge is 0.496 e. The van der Waals surface area contributed by atoms with Gasteiger partial charge in [-0.25, -0.2) is 0 Å². The fourth-order valence-corrected chi connectivity index (χ4v) is 4.89. The number of aryl methyl sites for hydroxylation is 1. The second-order valence-corrected chi connectivity index (χ2v) is 8.39.